The van der Waals surface area contributed by atoms with Gasteiger partial charge in [0.1, 0.15) is 16.9 Å². The SMILES string of the molecule is CNNC(=O)C(C)(C)c1ccc(C)o1. The van der Waals surface area contributed by atoms with Crippen molar-refractivity contribution in [3.8, 4) is 0 Å². The summed E-state index contributed by atoms with van der Waals surface area (Å²) in [6, 6.07) is 3.67. The van der Waals surface area contributed by atoms with Gasteiger partial charge in [-0.15, -0.1) is 0 Å². The minimum atomic E-state index is -0.655. The van der Waals surface area contributed by atoms with Crippen LogP contribution in [-0.2, 0) is 10.2 Å². The highest BCUT2D eigenvalue weighted by Crippen LogP contribution is 2.24. The van der Waals surface area contributed by atoms with Crippen molar-refractivity contribution in [1.82, 2.24) is 10.9 Å². The zero-order valence-corrected chi connectivity index (χ0v) is 8.97. The van der Waals surface area contributed by atoms with Gasteiger partial charge in [-0.2, -0.15) is 0 Å². The number of carbonyl (C=O) groups excluding carboxylic acids is 1. The van der Waals surface area contributed by atoms with Gasteiger partial charge in [-0.25, -0.2) is 5.43 Å². The Morgan fingerprint density at radius 2 is 2.07 bits per heavy atom. The summed E-state index contributed by atoms with van der Waals surface area (Å²) in [5.41, 5.74) is 4.50. The number of carbonyl (C=O) groups is 1. The Morgan fingerprint density at radius 3 is 2.50 bits per heavy atom. The Labute approximate surface area is 83.6 Å². The minimum Gasteiger partial charge on any atom is -0.465 e. The largest absolute Gasteiger partial charge is 0.465 e. The molecule has 0 unspecified atom stereocenters. The molecule has 1 aromatic rings. The maximum atomic E-state index is 11.6. The molecule has 1 heterocycles. The predicted molar refractivity (Wildman–Crippen MR) is 53.7 cm³/mol. The van der Waals surface area contributed by atoms with Crippen LogP contribution in [0.15, 0.2) is 16.5 Å². The molecule has 0 aliphatic rings. The number of hydrogen-bond acceptors (Lipinski definition) is 3. The number of rotatable bonds is 3. The molecule has 4 nitrogen and oxygen atoms in total. The van der Waals surface area contributed by atoms with Crippen LogP contribution in [0.2, 0.25) is 0 Å². The maximum Gasteiger partial charge on any atom is 0.247 e. The Kier molecular flexibility index (Phi) is 2.96. The summed E-state index contributed by atoms with van der Waals surface area (Å²) in [5.74, 6) is 1.36. The molecule has 0 aromatic carbocycles. The monoisotopic (exact) mass is 196 g/mol. The number of aryl methyl sites for hydroxylation is 1. The third-order valence-corrected chi connectivity index (χ3v) is 2.16. The molecule has 0 spiro atoms. The van der Waals surface area contributed by atoms with Crippen molar-refractivity contribution in [2.75, 3.05) is 7.05 Å². The molecule has 0 saturated heterocycles. The first-order valence-corrected chi connectivity index (χ1v) is 4.52. The van der Waals surface area contributed by atoms with E-state index in [1.807, 2.05) is 32.9 Å². The molecule has 1 amide bonds. The van der Waals surface area contributed by atoms with Crippen molar-refractivity contribution in [2.24, 2.45) is 0 Å². The fourth-order valence-corrected chi connectivity index (χ4v) is 1.15. The first-order chi connectivity index (χ1) is 6.48. The van der Waals surface area contributed by atoms with Crippen molar-refractivity contribution in [1.29, 1.82) is 0 Å². The molecule has 0 bridgehead atoms. The Bertz CT molecular complexity index is 329. The second kappa shape index (κ2) is 3.84. The van der Waals surface area contributed by atoms with E-state index in [9.17, 15) is 4.79 Å². The van der Waals surface area contributed by atoms with E-state index in [1.165, 1.54) is 0 Å². The molecule has 0 fully saturated rings. The molecule has 0 aliphatic heterocycles. The number of furan rings is 1. The molecule has 14 heavy (non-hydrogen) atoms. The van der Waals surface area contributed by atoms with Crippen LogP contribution in [0.1, 0.15) is 25.4 Å². The molecular weight excluding hydrogens is 180 g/mol. The van der Waals surface area contributed by atoms with Crippen LogP contribution in [0, 0.1) is 6.92 Å². The quantitative estimate of drug-likeness (QED) is 0.712. The van der Waals surface area contributed by atoms with Gasteiger partial charge in [-0.3, -0.25) is 10.2 Å². The zero-order valence-electron chi connectivity index (χ0n) is 8.97. The molecular formula is C10H16N2O2. The lowest BCUT2D eigenvalue weighted by Crippen LogP contribution is -2.45. The van der Waals surface area contributed by atoms with Gasteiger partial charge in [0.15, 0.2) is 0 Å². The number of hydrazine groups is 1. The van der Waals surface area contributed by atoms with E-state index >= 15 is 0 Å². The number of hydrogen-bond donors (Lipinski definition) is 2. The lowest BCUT2D eigenvalue weighted by atomic mass is 9.89. The lowest BCUT2D eigenvalue weighted by molar-refractivity contribution is -0.127. The fourth-order valence-electron chi connectivity index (χ4n) is 1.15. The molecule has 1 rings (SSSR count). The second-order valence-electron chi connectivity index (χ2n) is 3.74. The zero-order chi connectivity index (χ0) is 10.8. The predicted octanol–water partition coefficient (Wildman–Crippen LogP) is 1.12. The molecule has 1 aromatic heterocycles. The molecule has 78 valence electrons. The van der Waals surface area contributed by atoms with Gasteiger partial charge < -0.3 is 4.42 Å². The molecule has 0 atom stereocenters. The van der Waals surface area contributed by atoms with Crippen LogP contribution in [0.4, 0.5) is 0 Å². The van der Waals surface area contributed by atoms with E-state index in [1.54, 1.807) is 7.05 Å². The summed E-state index contributed by atoms with van der Waals surface area (Å²) in [6.45, 7) is 5.49. The first kappa shape index (κ1) is 10.8. The van der Waals surface area contributed by atoms with Crippen LogP contribution in [0.5, 0.6) is 0 Å². The second-order valence-corrected chi connectivity index (χ2v) is 3.74. The van der Waals surface area contributed by atoms with Gasteiger partial charge in [0.25, 0.3) is 0 Å². The highest BCUT2D eigenvalue weighted by molar-refractivity contribution is 5.86. The summed E-state index contributed by atoms with van der Waals surface area (Å²) < 4.78 is 5.43. The third-order valence-electron chi connectivity index (χ3n) is 2.16. The van der Waals surface area contributed by atoms with Crippen LogP contribution >= 0.6 is 0 Å². The van der Waals surface area contributed by atoms with Gasteiger partial charge in [0.2, 0.25) is 5.91 Å². The van der Waals surface area contributed by atoms with Gasteiger partial charge in [0, 0.05) is 7.05 Å². The van der Waals surface area contributed by atoms with E-state index in [0.29, 0.717) is 5.76 Å². The Balaban J connectivity index is 2.89. The Morgan fingerprint density at radius 1 is 1.43 bits per heavy atom. The van der Waals surface area contributed by atoms with Gasteiger partial charge in [0.05, 0.1) is 0 Å². The molecule has 0 aliphatic carbocycles. The van der Waals surface area contributed by atoms with Gasteiger partial charge >= 0.3 is 0 Å². The third kappa shape index (κ3) is 1.96. The Hall–Kier alpha value is -1.29. The summed E-state index contributed by atoms with van der Waals surface area (Å²) >= 11 is 0. The van der Waals surface area contributed by atoms with Crippen molar-refractivity contribution in [3.63, 3.8) is 0 Å². The smallest absolute Gasteiger partial charge is 0.247 e. The molecule has 2 N–H and O–H groups in total. The van der Waals surface area contributed by atoms with Crippen molar-refractivity contribution in [2.45, 2.75) is 26.2 Å². The topological polar surface area (TPSA) is 54.3 Å². The van der Waals surface area contributed by atoms with E-state index in [4.69, 9.17) is 4.42 Å². The average Bonchev–Trinajstić information content (AvgIpc) is 2.52. The average molecular weight is 196 g/mol. The van der Waals surface area contributed by atoms with Crippen LogP contribution in [-0.4, -0.2) is 13.0 Å². The fraction of sp³-hybridized carbons (Fsp3) is 0.500. The maximum absolute atomic E-state index is 11.6. The van der Waals surface area contributed by atoms with Crippen molar-refractivity contribution in [3.05, 3.63) is 23.7 Å². The number of nitrogens with one attached hydrogen (secondary N) is 2. The first-order valence-electron chi connectivity index (χ1n) is 4.52. The highest BCUT2D eigenvalue weighted by atomic mass is 16.3. The van der Waals surface area contributed by atoms with Crippen molar-refractivity contribution < 1.29 is 9.21 Å². The summed E-state index contributed by atoms with van der Waals surface area (Å²) in [7, 11) is 1.65. The van der Waals surface area contributed by atoms with Crippen molar-refractivity contribution >= 4 is 5.91 Å². The van der Waals surface area contributed by atoms with Crippen LogP contribution in [0.25, 0.3) is 0 Å². The highest BCUT2D eigenvalue weighted by Gasteiger charge is 2.32. The normalized spacial score (nSPS) is 11.4. The van der Waals surface area contributed by atoms with E-state index in [-0.39, 0.29) is 5.91 Å². The minimum absolute atomic E-state index is 0.116. The van der Waals surface area contributed by atoms with Crippen LogP contribution in [0.3, 0.4) is 0 Å². The van der Waals surface area contributed by atoms with Gasteiger partial charge in [-0.1, -0.05) is 0 Å². The lowest BCUT2D eigenvalue weighted by Gasteiger charge is -2.20. The van der Waals surface area contributed by atoms with Gasteiger partial charge in [-0.05, 0) is 32.9 Å². The van der Waals surface area contributed by atoms with Crippen LogP contribution < -0.4 is 10.9 Å². The summed E-state index contributed by atoms with van der Waals surface area (Å²) in [6.07, 6.45) is 0. The number of amides is 1. The summed E-state index contributed by atoms with van der Waals surface area (Å²) in [4.78, 5) is 11.6. The van der Waals surface area contributed by atoms with E-state index in [2.05, 4.69) is 10.9 Å². The standard InChI is InChI=1S/C10H16N2O2/c1-7-5-6-8(14-7)10(2,3)9(13)12-11-4/h5-6,11H,1-4H3,(H,12,13). The molecule has 0 radical (unpaired) electrons. The molecule has 0 saturated carbocycles. The van der Waals surface area contributed by atoms with E-state index in [0.717, 1.165) is 5.76 Å². The summed E-state index contributed by atoms with van der Waals surface area (Å²) in [5, 5.41) is 0. The molecule has 4 heteroatoms. The van der Waals surface area contributed by atoms with E-state index < -0.39 is 5.41 Å².